The van der Waals surface area contributed by atoms with Gasteiger partial charge in [0.2, 0.25) is 0 Å². The number of nitrogens with two attached hydrogens (primary N) is 1. The number of aromatic nitrogens is 2. The average Bonchev–Trinajstić information content (AvgIpc) is 2.45. The van der Waals surface area contributed by atoms with Gasteiger partial charge in [-0.2, -0.15) is 0 Å². The van der Waals surface area contributed by atoms with Crippen molar-refractivity contribution in [2.24, 2.45) is 0 Å². The third-order valence-corrected chi connectivity index (χ3v) is 2.22. The second-order valence-electron chi connectivity index (χ2n) is 2.27. The van der Waals surface area contributed by atoms with Crippen LogP contribution in [-0.4, -0.2) is 9.97 Å². The van der Waals surface area contributed by atoms with E-state index in [-0.39, 0.29) is 0 Å². The van der Waals surface area contributed by atoms with Gasteiger partial charge in [0.15, 0.2) is 0 Å². The Kier molecular flexibility index (Phi) is 1.35. The molecule has 3 N–H and O–H groups in total. The number of rotatable bonds is 0. The highest BCUT2D eigenvalue weighted by Crippen LogP contribution is 2.24. The van der Waals surface area contributed by atoms with Gasteiger partial charge in [0.05, 0.1) is 11.2 Å². The predicted molar refractivity (Wildman–Crippen MR) is 48.2 cm³/mol. The summed E-state index contributed by atoms with van der Waals surface area (Å²) in [5, 5.41) is 1.03. The topological polar surface area (TPSA) is 54.7 Å². The largest absolute Gasteiger partial charge is 0.395 e. The minimum atomic E-state index is 0.660. The second-order valence-corrected chi connectivity index (χ2v) is 3.02. The first-order chi connectivity index (χ1) is 5.29. The summed E-state index contributed by atoms with van der Waals surface area (Å²) in [6.07, 6.45) is 3.61. The lowest BCUT2D eigenvalue weighted by molar-refractivity contribution is 1.31. The Labute approximate surface area is 71.7 Å². The number of pyridine rings is 1. The second kappa shape index (κ2) is 2.23. The van der Waals surface area contributed by atoms with Crippen LogP contribution in [0, 0.1) is 0 Å². The average molecular weight is 212 g/mol. The van der Waals surface area contributed by atoms with Crippen LogP contribution in [0.3, 0.4) is 0 Å². The van der Waals surface area contributed by atoms with Crippen molar-refractivity contribution in [1.82, 2.24) is 9.97 Å². The maximum atomic E-state index is 5.72. The molecule has 0 saturated carbocycles. The number of H-pyrrole nitrogens is 1. The van der Waals surface area contributed by atoms with Gasteiger partial charge in [-0.25, -0.2) is 4.98 Å². The molecule has 11 heavy (non-hydrogen) atoms. The van der Waals surface area contributed by atoms with E-state index in [0.29, 0.717) is 10.3 Å². The number of fused-ring (bicyclic) bond motifs is 1. The molecule has 0 spiro atoms. The minimum Gasteiger partial charge on any atom is -0.395 e. The molecule has 0 aliphatic heterocycles. The predicted octanol–water partition coefficient (Wildman–Crippen LogP) is 1.91. The molecule has 0 amide bonds. The quantitative estimate of drug-likeness (QED) is 0.655. The lowest BCUT2D eigenvalue weighted by Gasteiger charge is -1.97. The van der Waals surface area contributed by atoms with Gasteiger partial charge in [0, 0.05) is 17.8 Å². The maximum Gasteiger partial charge on any atom is 0.131 e. The molecular weight excluding hydrogens is 206 g/mol. The molecule has 0 saturated heterocycles. The molecule has 0 aliphatic carbocycles. The van der Waals surface area contributed by atoms with Gasteiger partial charge in [-0.15, -0.1) is 0 Å². The normalized spacial score (nSPS) is 10.6. The SMILES string of the molecule is Nc1c(Br)ncc2cc[nH]c12. The van der Waals surface area contributed by atoms with Crippen LogP contribution in [0.1, 0.15) is 0 Å². The van der Waals surface area contributed by atoms with Crippen molar-refractivity contribution >= 4 is 32.5 Å². The summed E-state index contributed by atoms with van der Waals surface area (Å²) in [7, 11) is 0. The van der Waals surface area contributed by atoms with Crippen LogP contribution < -0.4 is 5.73 Å². The molecule has 0 aliphatic rings. The van der Waals surface area contributed by atoms with Crippen molar-refractivity contribution in [3.05, 3.63) is 23.1 Å². The third kappa shape index (κ3) is 0.903. The highest BCUT2D eigenvalue weighted by atomic mass is 79.9. The molecule has 2 heterocycles. The third-order valence-electron chi connectivity index (χ3n) is 1.59. The van der Waals surface area contributed by atoms with Gasteiger partial charge in [0.25, 0.3) is 0 Å². The molecule has 0 unspecified atom stereocenters. The van der Waals surface area contributed by atoms with Gasteiger partial charge in [-0.1, -0.05) is 0 Å². The van der Waals surface area contributed by atoms with Gasteiger partial charge >= 0.3 is 0 Å². The Balaban J connectivity index is 2.93. The summed E-state index contributed by atoms with van der Waals surface area (Å²) in [6, 6.07) is 1.94. The highest BCUT2D eigenvalue weighted by Gasteiger charge is 2.02. The summed E-state index contributed by atoms with van der Waals surface area (Å²) in [6.45, 7) is 0. The monoisotopic (exact) mass is 211 g/mol. The van der Waals surface area contributed by atoms with E-state index in [2.05, 4.69) is 25.9 Å². The zero-order valence-electron chi connectivity index (χ0n) is 5.63. The number of nitrogens with one attached hydrogen (secondary N) is 1. The highest BCUT2D eigenvalue weighted by molar-refractivity contribution is 9.10. The van der Waals surface area contributed by atoms with Crippen LogP contribution in [0.2, 0.25) is 0 Å². The summed E-state index contributed by atoms with van der Waals surface area (Å²) < 4.78 is 0.687. The van der Waals surface area contributed by atoms with Crippen LogP contribution >= 0.6 is 15.9 Å². The first-order valence-electron chi connectivity index (χ1n) is 3.16. The Morgan fingerprint density at radius 1 is 1.55 bits per heavy atom. The number of hydrogen-bond acceptors (Lipinski definition) is 2. The maximum absolute atomic E-state index is 5.72. The van der Waals surface area contributed by atoms with Crippen molar-refractivity contribution in [3.63, 3.8) is 0 Å². The molecule has 2 aromatic rings. The first-order valence-corrected chi connectivity index (χ1v) is 3.95. The Morgan fingerprint density at radius 2 is 2.36 bits per heavy atom. The van der Waals surface area contributed by atoms with Gasteiger partial charge in [-0.3, -0.25) is 0 Å². The number of anilines is 1. The van der Waals surface area contributed by atoms with Crippen molar-refractivity contribution in [3.8, 4) is 0 Å². The lowest BCUT2D eigenvalue weighted by atomic mass is 10.3. The molecule has 4 heteroatoms. The molecule has 2 rings (SSSR count). The van der Waals surface area contributed by atoms with E-state index >= 15 is 0 Å². The molecule has 0 radical (unpaired) electrons. The summed E-state index contributed by atoms with van der Waals surface area (Å²) >= 11 is 3.24. The van der Waals surface area contributed by atoms with Crippen LogP contribution in [0.25, 0.3) is 10.9 Å². The molecule has 56 valence electrons. The van der Waals surface area contributed by atoms with E-state index in [1.165, 1.54) is 0 Å². The molecular formula is C7H6BrN3. The molecule has 2 aromatic heterocycles. The summed E-state index contributed by atoms with van der Waals surface area (Å²) in [5.74, 6) is 0. The van der Waals surface area contributed by atoms with Crippen molar-refractivity contribution < 1.29 is 0 Å². The fourth-order valence-corrected chi connectivity index (χ4v) is 1.32. The molecule has 0 aromatic carbocycles. The smallest absolute Gasteiger partial charge is 0.131 e. The number of nitrogens with zero attached hydrogens (tertiary/aromatic N) is 1. The van der Waals surface area contributed by atoms with E-state index in [9.17, 15) is 0 Å². The zero-order chi connectivity index (χ0) is 7.84. The molecule has 3 nitrogen and oxygen atoms in total. The minimum absolute atomic E-state index is 0.660. The number of hydrogen-bond donors (Lipinski definition) is 2. The molecule has 0 atom stereocenters. The number of nitrogen functional groups attached to an aromatic ring is 1. The van der Waals surface area contributed by atoms with Gasteiger partial charge < -0.3 is 10.7 Å². The van der Waals surface area contributed by atoms with E-state index in [1.807, 2.05) is 12.3 Å². The lowest BCUT2D eigenvalue weighted by Crippen LogP contribution is -1.90. The van der Waals surface area contributed by atoms with Crippen molar-refractivity contribution in [1.29, 1.82) is 0 Å². The standard InChI is InChI=1S/C7H6BrN3/c8-7-5(9)6-4(3-11-7)1-2-10-6/h1-3,10H,9H2. The van der Waals surface area contributed by atoms with E-state index in [0.717, 1.165) is 10.9 Å². The van der Waals surface area contributed by atoms with Crippen LogP contribution in [0.15, 0.2) is 23.1 Å². The first kappa shape index (κ1) is 6.67. The van der Waals surface area contributed by atoms with E-state index in [1.54, 1.807) is 6.20 Å². The van der Waals surface area contributed by atoms with Crippen LogP contribution in [0.5, 0.6) is 0 Å². The van der Waals surface area contributed by atoms with Crippen LogP contribution in [0.4, 0.5) is 5.69 Å². The Morgan fingerprint density at radius 3 is 3.18 bits per heavy atom. The summed E-state index contributed by atoms with van der Waals surface area (Å²) in [5.41, 5.74) is 7.32. The van der Waals surface area contributed by atoms with E-state index < -0.39 is 0 Å². The molecule has 0 bridgehead atoms. The van der Waals surface area contributed by atoms with Crippen molar-refractivity contribution in [2.45, 2.75) is 0 Å². The Hall–Kier alpha value is -1.03. The fraction of sp³-hybridized carbons (Fsp3) is 0. The van der Waals surface area contributed by atoms with E-state index in [4.69, 9.17) is 5.73 Å². The Bertz CT molecular complexity index is 393. The number of halogens is 1. The van der Waals surface area contributed by atoms with Gasteiger partial charge in [0.1, 0.15) is 4.60 Å². The fourth-order valence-electron chi connectivity index (χ4n) is 1.02. The summed E-state index contributed by atoms with van der Waals surface area (Å²) in [4.78, 5) is 7.08. The molecule has 0 fully saturated rings. The van der Waals surface area contributed by atoms with Gasteiger partial charge in [-0.05, 0) is 22.0 Å². The van der Waals surface area contributed by atoms with Crippen LogP contribution in [-0.2, 0) is 0 Å². The number of aromatic amines is 1. The zero-order valence-corrected chi connectivity index (χ0v) is 7.22. The van der Waals surface area contributed by atoms with Crippen molar-refractivity contribution in [2.75, 3.05) is 5.73 Å².